The van der Waals surface area contributed by atoms with Gasteiger partial charge in [0.15, 0.2) is 5.71 Å². The van der Waals surface area contributed by atoms with Crippen LogP contribution in [-0.2, 0) is 4.79 Å². The maximum atomic E-state index is 13.3. The molecule has 142 valence electrons. The molecule has 0 unspecified atom stereocenters. The molecule has 2 aromatic rings. The number of anilines is 1. The highest BCUT2D eigenvalue weighted by Crippen LogP contribution is 2.31. The molecule has 0 spiro atoms. The lowest BCUT2D eigenvalue weighted by atomic mass is 10.1. The van der Waals surface area contributed by atoms with E-state index in [1.807, 2.05) is 0 Å². The van der Waals surface area contributed by atoms with Crippen LogP contribution < -0.4 is 5.01 Å². The molecule has 0 fully saturated rings. The summed E-state index contributed by atoms with van der Waals surface area (Å²) in [7, 11) is 0. The molecular weight excluding hydrogens is 373 g/mol. The quantitative estimate of drug-likeness (QED) is 0.797. The fraction of sp³-hybridized carbons (Fsp3) is 0.0500. The first kappa shape index (κ1) is 19.1. The Kier molecular flexibility index (Phi) is 5.12. The molecule has 1 aliphatic heterocycles. The molecular formula is C20H13F3N2O3. The standard InChI is InChI=1S/C20H13F3N2O3/c21-20(22,23)17-16(8-4-7-13-5-2-1-3-6-13)18(26)25(24-17)15-11-9-14(10-12-15)19(27)28/h1-12H,(H,27,28)/b7-4+,16-8-. The monoisotopic (exact) mass is 386 g/mol. The Balaban J connectivity index is 1.94. The molecule has 0 atom stereocenters. The lowest BCUT2D eigenvalue weighted by molar-refractivity contribution is -0.114. The summed E-state index contributed by atoms with van der Waals surface area (Å²) in [5, 5.41) is 12.9. The van der Waals surface area contributed by atoms with Crippen LogP contribution in [0.25, 0.3) is 6.08 Å². The van der Waals surface area contributed by atoms with Crippen molar-refractivity contribution in [2.45, 2.75) is 6.18 Å². The third-order valence-electron chi connectivity index (χ3n) is 3.86. The number of alkyl halides is 3. The molecule has 8 heteroatoms. The molecule has 3 rings (SSSR count). The maximum absolute atomic E-state index is 13.3. The minimum absolute atomic E-state index is 0.0344. The minimum Gasteiger partial charge on any atom is -0.478 e. The third kappa shape index (κ3) is 4.01. The van der Waals surface area contributed by atoms with Gasteiger partial charge in [-0.2, -0.15) is 23.3 Å². The first-order chi connectivity index (χ1) is 13.3. The third-order valence-corrected chi connectivity index (χ3v) is 3.86. The Morgan fingerprint density at radius 2 is 1.68 bits per heavy atom. The number of carbonyl (C=O) groups excluding carboxylic acids is 1. The van der Waals surface area contributed by atoms with E-state index in [1.165, 1.54) is 30.3 Å². The van der Waals surface area contributed by atoms with E-state index in [4.69, 9.17) is 5.11 Å². The number of halogens is 3. The summed E-state index contributed by atoms with van der Waals surface area (Å²) < 4.78 is 40.0. The number of benzene rings is 2. The predicted molar refractivity (Wildman–Crippen MR) is 97.9 cm³/mol. The zero-order valence-corrected chi connectivity index (χ0v) is 14.2. The van der Waals surface area contributed by atoms with Gasteiger partial charge in [0.05, 0.1) is 16.8 Å². The molecule has 0 saturated heterocycles. The van der Waals surface area contributed by atoms with Crippen molar-refractivity contribution >= 4 is 29.4 Å². The van der Waals surface area contributed by atoms with E-state index in [-0.39, 0.29) is 11.3 Å². The lowest BCUT2D eigenvalue weighted by Gasteiger charge is -2.11. The summed E-state index contributed by atoms with van der Waals surface area (Å²) >= 11 is 0. The van der Waals surface area contributed by atoms with E-state index in [9.17, 15) is 22.8 Å². The highest BCUT2D eigenvalue weighted by molar-refractivity contribution is 6.32. The number of carbonyl (C=O) groups is 2. The Morgan fingerprint density at radius 1 is 1.04 bits per heavy atom. The Labute approximate surface area is 157 Å². The summed E-state index contributed by atoms with van der Waals surface area (Å²) in [5.74, 6) is -2.14. The summed E-state index contributed by atoms with van der Waals surface area (Å²) in [4.78, 5) is 23.4. The van der Waals surface area contributed by atoms with E-state index >= 15 is 0 Å². The highest BCUT2D eigenvalue weighted by Gasteiger charge is 2.46. The van der Waals surface area contributed by atoms with Gasteiger partial charge in [-0.1, -0.05) is 42.5 Å². The van der Waals surface area contributed by atoms with Gasteiger partial charge in [0.1, 0.15) is 0 Å². The Hall–Kier alpha value is -3.68. The molecule has 28 heavy (non-hydrogen) atoms. The smallest absolute Gasteiger partial charge is 0.435 e. The minimum atomic E-state index is -4.82. The van der Waals surface area contributed by atoms with Gasteiger partial charge in [0, 0.05) is 0 Å². The van der Waals surface area contributed by atoms with Gasteiger partial charge in [-0.25, -0.2) is 4.79 Å². The number of amides is 1. The van der Waals surface area contributed by atoms with Gasteiger partial charge >= 0.3 is 12.1 Å². The predicted octanol–water partition coefficient (Wildman–Crippen LogP) is 4.29. The van der Waals surface area contributed by atoms with Gasteiger partial charge in [0.25, 0.3) is 5.91 Å². The van der Waals surface area contributed by atoms with Crippen molar-refractivity contribution < 1.29 is 27.9 Å². The summed E-state index contributed by atoms with van der Waals surface area (Å²) in [6.45, 7) is 0. The fourth-order valence-electron chi connectivity index (χ4n) is 2.51. The van der Waals surface area contributed by atoms with Crippen molar-refractivity contribution in [1.82, 2.24) is 0 Å². The lowest BCUT2D eigenvalue weighted by Crippen LogP contribution is -2.25. The summed E-state index contributed by atoms with van der Waals surface area (Å²) in [5.41, 5.74) is -1.17. The zero-order valence-electron chi connectivity index (χ0n) is 14.2. The van der Waals surface area contributed by atoms with Gasteiger partial charge in [-0.3, -0.25) is 4.79 Å². The molecule has 0 radical (unpaired) electrons. The van der Waals surface area contributed by atoms with Crippen LogP contribution in [0.2, 0.25) is 0 Å². The zero-order chi connectivity index (χ0) is 20.3. The molecule has 1 N–H and O–H groups in total. The van der Waals surface area contributed by atoms with Gasteiger partial charge < -0.3 is 5.11 Å². The van der Waals surface area contributed by atoms with Crippen molar-refractivity contribution in [3.63, 3.8) is 0 Å². The second kappa shape index (κ2) is 7.51. The SMILES string of the molecule is O=C(O)c1ccc(N2N=C(C(F)(F)F)/C(=C/C=C/c3ccccc3)C2=O)cc1. The number of carboxylic acids is 1. The van der Waals surface area contributed by atoms with Crippen molar-refractivity contribution in [3.05, 3.63) is 83.4 Å². The van der Waals surface area contributed by atoms with Crippen LogP contribution in [-0.4, -0.2) is 28.9 Å². The van der Waals surface area contributed by atoms with Gasteiger partial charge in [-0.05, 0) is 35.9 Å². The molecule has 1 amide bonds. The van der Waals surface area contributed by atoms with E-state index in [0.717, 1.165) is 11.6 Å². The van der Waals surface area contributed by atoms with E-state index in [1.54, 1.807) is 36.4 Å². The van der Waals surface area contributed by atoms with Crippen molar-refractivity contribution in [2.75, 3.05) is 5.01 Å². The van der Waals surface area contributed by atoms with Crippen molar-refractivity contribution in [3.8, 4) is 0 Å². The van der Waals surface area contributed by atoms with Gasteiger partial charge in [0.2, 0.25) is 0 Å². The number of rotatable bonds is 4. The van der Waals surface area contributed by atoms with Crippen LogP contribution >= 0.6 is 0 Å². The number of aromatic carboxylic acids is 1. The van der Waals surface area contributed by atoms with E-state index in [0.29, 0.717) is 5.01 Å². The van der Waals surface area contributed by atoms with Crippen LogP contribution in [0.3, 0.4) is 0 Å². The van der Waals surface area contributed by atoms with Crippen LogP contribution in [0.15, 0.2) is 77.4 Å². The first-order valence-corrected chi connectivity index (χ1v) is 8.05. The second-order valence-electron chi connectivity index (χ2n) is 5.77. The number of hydrogen-bond acceptors (Lipinski definition) is 3. The fourth-order valence-corrected chi connectivity index (χ4v) is 2.51. The van der Waals surface area contributed by atoms with Crippen LogP contribution in [0, 0.1) is 0 Å². The van der Waals surface area contributed by atoms with Crippen LogP contribution in [0.4, 0.5) is 18.9 Å². The molecule has 2 aromatic carbocycles. The average Bonchev–Trinajstić information content (AvgIpc) is 3.00. The molecule has 1 aliphatic rings. The van der Waals surface area contributed by atoms with Crippen LogP contribution in [0.5, 0.6) is 0 Å². The average molecular weight is 386 g/mol. The topological polar surface area (TPSA) is 70.0 Å². The molecule has 0 aliphatic carbocycles. The second-order valence-corrected chi connectivity index (χ2v) is 5.77. The number of carboxylic acid groups (broad SMARTS) is 1. The van der Waals surface area contributed by atoms with Crippen LogP contribution in [0.1, 0.15) is 15.9 Å². The summed E-state index contributed by atoms with van der Waals surface area (Å²) in [6, 6.07) is 13.7. The van der Waals surface area contributed by atoms with Crippen molar-refractivity contribution in [2.24, 2.45) is 5.10 Å². The number of allylic oxidation sites excluding steroid dienone is 2. The molecule has 5 nitrogen and oxygen atoms in total. The molecule has 0 aromatic heterocycles. The highest BCUT2D eigenvalue weighted by atomic mass is 19.4. The van der Waals surface area contributed by atoms with Crippen molar-refractivity contribution in [1.29, 1.82) is 0 Å². The first-order valence-electron chi connectivity index (χ1n) is 8.05. The summed E-state index contributed by atoms with van der Waals surface area (Å²) in [6.07, 6.45) is -0.843. The molecule has 0 bridgehead atoms. The largest absolute Gasteiger partial charge is 0.478 e. The number of nitrogens with zero attached hydrogens (tertiary/aromatic N) is 2. The van der Waals surface area contributed by atoms with E-state index in [2.05, 4.69) is 5.10 Å². The maximum Gasteiger partial charge on any atom is 0.435 e. The molecule has 0 saturated carbocycles. The normalized spacial score (nSPS) is 16.1. The Bertz CT molecular complexity index is 992. The number of hydrogen-bond donors (Lipinski definition) is 1. The van der Waals surface area contributed by atoms with E-state index < -0.39 is 29.3 Å². The molecule has 1 heterocycles. The Morgan fingerprint density at radius 3 is 2.25 bits per heavy atom. The number of hydrazone groups is 1. The van der Waals surface area contributed by atoms with Gasteiger partial charge in [-0.15, -0.1) is 0 Å².